The average molecular weight is 248 g/mol. The summed E-state index contributed by atoms with van der Waals surface area (Å²) in [5, 5.41) is 3.37. The molecule has 1 aromatic carbocycles. The molecule has 1 rings (SSSR count). The van der Waals surface area contributed by atoms with E-state index in [4.69, 9.17) is 0 Å². The van der Waals surface area contributed by atoms with Crippen LogP contribution < -0.4 is 5.32 Å². The lowest BCUT2D eigenvalue weighted by molar-refractivity contribution is 0.101. The van der Waals surface area contributed by atoms with E-state index in [2.05, 4.69) is 30.1 Å². The smallest absolute Gasteiger partial charge is 0.160 e. The van der Waals surface area contributed by atoms with E-state index in [-0.39, 0.29) is 5.78 Å². The second-order valence-electron chi connectivity index (χ2n) is 4.96. The zero-order valence-corrected chi connectivity index (χ0v) is 12.1. The van der Waals surface area contributed by atoms with Gasteiger partial charge in [0.1, 0.15) is 0 Å². The Kier molecular flexibility index (Phi) is 5.35. The molecule has 0 aliphatic carbocycles. The summed E-state index contributed by atoms with van der Waals surface area (Å²) < 4.78 is 0. The van der Waals surface area contributed by atoms with E-state index >= 15 is 0 Å². The highest BCUT2D eigenvalue weighted by Gasteiger charge is 2.10. The first kappa shape index (κ1) is 14.7. The molecule has 0 aliphatic heterocycles. The summed E-state index contributed by atoms with van der Waals surface area (Å²) >= 11 is 0. The molecule has 0 atom stereocenters. The fourth-order valence-electron chi connectivity index (χ4n) is 2.13. The number of carbonyl (C=O) groups is 1. The number of carbonyl (C=O) groups excluding carboxylic acids is 1. The van der Waals surface area contributed by atoms with Crippen LogP contribution in [0.2, 0.25) is 0 Å². The monoisotopic (exact) mass is 248 g/mol. The molecule has 0 aliphatic rings. The third-order valence-electron chi connectivity index (χ3n) is 3.09. The van der Waals surface area contributed by atoms with Crippen LogP contribution in [0, 0.1) is 6.92 Å². The van der Waals surface area contributed by atoms with Gasteiger partial charge in [0.15, 0.2) is 5.78 Å². The first-order chi connectivity index (χ1) is 8.45. The van der Waals surface area contributed by atoms with E-state index in [9.17, 15) is 4.79 Å². The van der Waals surface area contributed by atoms with Crippen molar-refractivity contribution in [3.05, 3.63) is 28.8 Å². The van der Waals surface area contributed by atoms with E-state index in [0.717, 1.165) is 30.8 Å². The van der Waals surface area contributed by atoms with Gasteiger partial charge >= 0.3 is 0 Å². The molecule has 3 heteroatoms. The van der Waals surface area contributed by atoms with E-state index in [1.54, 1.807) is 6.92 Å². The fourth-order valence-corrected chi connectivity index (χ4v) is 2.13. The number of nitrogens with zero attached hydrogens (tertiary/aromatic N) is 1. The topological polar surface area (TPSA) is 32.3 Å². The number of ketones is 1. The molecular weight excluding hydrogens is 224 g/mol. The van der Waals surface area contributed by atoms with Crippen LogP contribution in [0.15, 0.2) is 12.1 Å². The van der Waals surface area contributed by atoms with Crippen molar-refractivity contribution in [2.24, 2.45) is 0 Å². The zero-order chi connectivity index (χ0) is 13.7. The molecule has 0 saturated carbocycles. The summed E-state index contributed by atoms with van der Waals surface area (Å²) in [5.74, 6) is 0.145. The number of hydrogen-bond donors (Lipinski definition) is 1. The standard InChI is InChI=1S/C15H24N2O/c1-6-14-11(2)9-13(10-15(14)12(3)18)16-7-8-17(4)5/h9-10,16H,6-8H2,1-5H3. The summed E-state index contributed by atoms with van der Waals surface area (Å²) in [5.41, 5.74) is 4.25. The van der Waals surface area contributed by atoms with Crippen LogP contribution in [0.3, 0.4) is 0 Å². The van der Waals surface area contributed by atoms with E-state index in [1.165, 1.54) is 11.1 Å². The Morgan fingerprint density at radius 3 is 2.50 bits per heavy atom. The van der Waals surface area contributed by atoms with Crippen molar-refractivity contribution in [2.45, 2.75) is 27.2 Å². The Morgan fingerprint density at radius 2 is 2.00 bits per heavy atom. The van der Waals surface area contributed by atoms with Gasteiger partial charge < -0.3 is 10.2 Å². The number of hydrogen-bond acceptors (Lipinski definition) is 3. The maximum Gasteiger partial charge on any atom is 0.160 e. The molecule has 0 spiro atoms. The lowest BCUT2D eigenvalue weighted by atomic mass is 9.96. The fraction of sp³-hybridized carbons (Fsp3) is 0.533. The maximum atomic E-state index is 11.7. The Morgan fingerprint density at radius 1 is 1.33 bits per heavy atom. The molecule has 0 radical (unpaired) electrons. The van der Waals surface area contributed by atoms with Gasteiger partial charge in [0.2, 0.25) is 0 Å². The molecule has 0 bridgehead atoms. The maximum absolute atomic E-state index is 11.7. The highest BCUT2D eigenvalue weighted by molar-refractivity contribution is 5.97. The van der Waals surface area contributed by atoms with Crippen molar-refractivity contribution < 1.29 is 4.79 Å². The van der Waals surface area contributed by atoms with Gasteiger partial charge in [-0.3, -0.25) is 4.79 Å². The van der Waals surface area contributed by atoms with Gasteiger partial charge in [-0.05, 0) is 57.6 Å². The van der Waals surface area contributed by atoms with Gasteiger partial charge in [0.05, 0.1) is 0 Å². The first-order valence-electron chi connectivity index (χ1n) is 6.48. The number of Topliss-reactive ketones (excluding diaryl/α,β-unsaturated/α-hetero) is 1. The molecule has 0 fully saturated rings. The largest absolute Gasteiger partial charge is 0.384 e. The third kappa shape index (κ3) is 3.84. The molecule has 3 nitrogen and oxygen atoms in total. The number of likely N-dealkylation sites (N-methyl/N-ethyl adjacent to an activating group) is 1. The van der Waals surface area contributed by atoms with Gasteiger partial charge in [-0.1, -0.05) is 6.92 Å². The molecule has 0 unspecified atom stereocenters. The number of nitrogens with one attached hydrogen (secondary N) is 1. The van der Waals surface area contributed by atoms with Crippen molar-refractivity contribution in [3.63, 3.8) is 0 Å². The summed E-state index contributed by atoms with van der Waals surface area (Å²) in [6.07, 6.45) is 0.902. The predicted molar refractivity (Wildman–Crippen MR) is 77.6 cm³/mol. The third-order valence-corrected chi connectivity index (χ3v) is 3.09. The van der Waals surface area contributed by atoms with Gasteiger partial charge in [0.25, 0.3) is 0 Å². The number of rotatable bonds is 6. The van der Waals surface area contributed by atoms with Crippen molar-refractivity contribution in [1.29, 1.82) is 0 Å². The van der Waals surface area contributed by atoms with Crippen LogP contribution in [0.4, 0.5) is 5.69 Å². The SMILES string of the molecule is CCc1c(C)cc(NCCN(C)C)cc1C(C)=O. The van der Waals surface area contributed by atoms with Gasteiger partial charge in [-0.2, -0.15) is 0 Å². The van der Waals surface area contributed by atoms with Crippen LogP contribution in [-0.2, 0) is 6.42 Å². The minimum Gasteiger partial charge on any atom is -0.384 e. The van der Waals surface area contributed by atoms with Gasteiger partial charge in [-0.15, -0.1) is 0 Å². The number of benzene rings is 1. The Labute approximate surface area is 110 Å². The van der Waals surface area contributed by atoms with Gasteiger partial charge in [0, 0.05) is 24.3 Å². The van der Waals surface area contributed by atoms with E-state index < -0.39 is 0 Å². The molecule has 100 valence electrons. The molecule has 1 N–H and O–H groups in total. The predicted octanol–water partition coefficient (Wildman–Crippen LogP) is 2.73. The summed E-state index contributed by atoms with van der Waals surface area (Å²) in [7, 11) is 4.10. The second-order valence-corrected chi connectivity index (χ2v) is 4.96. The van der Waals surface area contributed by atoms with Crippen LogP contribution >= 0.6 is 0 Å². The normalized spacial score (nSPS) is 10.8. The van der Waals surface area contributed by atoms with Crippen LogP contribution in [0.1, 0.15) is 35.3 Å². The minimum atomic E-state index is 0.145. The van der Waals surface area contributed by atoms with Crippen molar-refractivity contribution in [1.82, 2.24) is 4.90 Å². The Balaban J connectivity index is 2.91. The van der Waals surface area contributed by atoms with Gasteiger partial charge in [-0.25, -0.2) is 0 Å². The Hall–Kier alpha value is -1.35. The summed E-state index contributed by atoms with van der Waals surface area (Å²) in [6.45, 7) is 7.66. The second kappa shape index (κ2) is 6.55. The molecule has 18 heavy (non-hydrogen) atoms. The van der Waals surface area contributed by atoms with Crippen LogP contribution in [0.5, 0.6) is 0 Å². The van der Waals surface area contributed by atoms with Crippen LogP contribution in [-0.4, -0.2) is 37.9 Å². The van der Waals surface area contributed by atoms with Crippen molar-refractivity contribution in [3.8, 4) is 0 Å². The number of anilines is 1. The average Bonchev–Trinajstić information content (AvgIpc) is 2.27. The van der Waals surface area contributed by atoms with E-state index in [0.29, 0.717) is 0 Å². The lowest BCUT2D eigenvalue weighted by Crippen LogP contribution is -2.21. The molecule has 0 saturated heterocycles. The van der Waals surface area contributed by atoms with Crippen molar-refractivity contribution >= 4 is 11.5 Å². The summed E-state index contributed by atoms with van der Waals surface area (Å²) in [6, 6.07) is 4.10. The zero-order valence-electron chi connectivity index (χ0n) is 12.1. The highest BCUT2D eigenvalue weighted by atomic mass is 16.1. The van der Waals surface area contributed by atoms with E-state index in [1.807, 2.05) is 20.2 Å². The van der Waals surface area contributed by atoms with Crippen molar-refractivity contribution in [2.75, 3.05) is 32.5 Å². The molecule has 1 aromatic rings. The molecule has 0 amide bonds. The minimum absolute atomic E-state index is 0.145. The Bertz CT molecular complexity index is 425. The quantitative estimate of drug-likeness (QED) is 0.786. The number of aryl methyl sites for hydroxylation is 1. The molecule has 0 heterocycles. The first-order valence-corrected chi connectivity index (χ1v) is 6.48. The molecule has 0 aromatic heterocycles. The molecular formula is C15H24N2O. The summed E-state index contributed by atoms with van der Waals surface area (Å²) in [4.78, 5) is 13.8. The lowest BCUT2D eigenvalue weighted by Gasteiger charge is -2.15. The van der Waals surface area contributed by atoms with Crippen LogP contribution in [0.25, 0.3) is 0 Å². The highest BCUT2D eigenvalue weighted by Crippen LogP contribution is 2.21.